The topological polar surface area (TPSA) is 69.0 Å². The lowest BCUT2D eigenvalue weighted by molar-refractivity contribution is -0.116. The van der Waals surface area contributed by atoms with Crippen molar-refractivity contribution >= 4 is 44.6 Å². The fourth-order valence-corrected chi connectivity index (χ4v) is 5.45. The van der Waals surface area contributed by atoms with Gasteiger partial charge in [0.05, 0.1) is 22.5 Å². The summed E-state index contributed by atoms with van der Waals surface area (Å²) in [5.41, 5.74) is 2.89. The number of nitrogens with zero attached hydrogens (tertiary/aromatic N) is 3. The second-order valence-corrected chi connectivity index (χ2v) is 8.63. The molecule has 0 saturated heterocycles. The van der Waals surface area contributed by atoms with Crippen molar-refractivity contribution in [2.45, 2.75) is 26.2 Å². The first kappa shape index (κ1) is 17.4. The normalized spacial score (nSPS) is 16.2. The van der Waals surface area contributed by atoms with E-state index in [9.17, 15) is 4.79 Å². The van der Waals surface area contributed by atoms with Gasteiger partial charge in [-0.15, -0.1) is 11.3 Å². The number of aromatic nitrogens is 3. The molecule has 1 amide bonds. The highest BCUT2D eigenvalue weighted by Crippen LogP contribution is 2.42. The van der Waals surface area contributed by atoms with Crippen LogP contribution in [0.4, 0.5) is 5.82 Å². The number of thiophene rings is 1. The Morgan fingerprint density at radius 2 is 2.25 bits per heavy atom. The van der Waals surface area contributed by atoms with Crippen molar-refractivity contribution in [3.63, 3.8) is 0 Å². The number of rotatable bonds is 4. The van der Waals surface area contributed by atoms with E-state index < -0.39 is 0 Å². The Labute approximate surface area is 169 Å². The number of benzene rings is 1. The minimum absolute atomic E-state index is 0.00629. The van der Waals surface area contributed by atoms with Crippen LogP contribution in [0.15, 0.2) is 35.7 Å². The maximum absolute atomic E-state index is 12.4. The van der Waals surface area contributed by atoms with Gasteiger partial charge in [0, 0.05) is 22.8 Å². The van der Waals surface area contributed by atoms with Gasteiger partial charge in [-0.25, -0.2) is 4.98 Å². The Morgan fingerprint density at radius 3 is 3.04 bits per heavy atom. The largest absolute Gasteiger partial charge is 0.494 e. The summed E-state index contributed by atoms with van der Waals surface area (Å²) in [4.78, 5) is 18.3. The van der Waals surface area contributed by atoms with E-state index in [1.807, 2.05) is 43.5 Å². The fourth-order valence-electron chi connectivity index (χ4n) is 3.66. The third-order valence-electron chi connectivity index (χ3n) is 4.83. The van der Waals surface area contributed by atoms with Gasteiger partial charge in [0.15, 0.2) is 0 Å². The van der Waals surface area contributed by atoms with Crippen LogP contribution >= 0.6 is 22.7 Å². The summed E-state index contributed by atoms with van der Waals surface area (Å²) in [7, 11) is 0. The van der Waals surface area contributed by atoms with Gasteiger partial charge >= 0.3 is 0 Å². The van der Waals surface area contributed by atoms with Crippen LogP contribution in [0.3, 0.4) is 0 Å². The van der Waals surface area contributed by atoms with Gasteiger partial charge in [-0.05, 0) is 43.5 Å². The summed E-state index contributed by atoms with van der Waals surface area (Å²) in [5.74, 6) is 1.61. The van der Waals surface area contributed by atoms with Crippen molar-refractivity contribution in [3.8, 4) is 10.9 Å². The molecule has 4 heterocycles. The minimum atomic E-state index is 0.00629. The zero-order valence-corrected chi connectivity index (χ0v) is 17.1. The minimum Gasteiger partial charge on any atom is -0.494 e. The number of thiazole rings is 1. The number of carbonyl (C=O) groups is 1. The number of ether oxygens (including phenoxy) is 1. The van der Waals surface area contributed by atoms with Crippen LogP contribution in [0, 0.1) is 6.92 Å². The molecule has 8 heteroatoms. The molecule has 0 fully saturated rings. The number of nitrogens with one attached hydrogen (secondary N) is 1. The molecule has 0 spiro atoms. The van der Waals surface area contributed by atoms with Gasteiger partial charge < -0.3 is 10.1 Å². The van der Waals surface area contributed by atoms with E-state index in [0.717, 1.165) is 38.2 Å². The average molecular weight is 411 g/mol. The predicted molar refractivity (Wildman–Crippen MR) is 112 cm³/mol. The maximum atomic E-state index is 12.4. The summed E-state index contributed by atoms with van der Waals surface area (Å²) in [6, 6.07) is 9.98. The Bertz CT molecular complexity index is 1180. The second kappa shape index (κ2) is 6.72. The molecule has 0 radical (unpaired) electrons. The third kappa shape index (κ3) is 2.80. The van der Waals surface area contributed by atoms with Crippen LogP contribution in [0.1, 0.15) is 35.4 Å². The molecular formula is C20H18N4O2S2. The third-order valence-corrected chi connectivity index (χ3v) is 6.81. The van der Waals surface area contributed by atoms with Gasteiger partial charge in [-0.1, -0.05) is 17.4 Å². The van der Waals surface area contributed by atoms with Crippen molar-refractivity contribution in [3.05, 3.63) is 51.8 Å². The predicted octanol–water partition coefficient (Wildman–Crippen LogP) is 4.72. The molecule has 3 aromatic heterocycles. The number of aryl methyl sites for hydroxylation is 1. The van der Waals surface area contributed by atoms with E-state index in [1.165, 1.54) is 16.2 Å². The van der Waals surface area contributed by atoms with E-state index in [1.54, 1.807) is 16.0 Å². The SMILES string of the molecule is CCOc1ccc2nc(-n3nc(C)c4c3NC(=O)C[C@@H]4c3cccs3)sc2c1. The van der Waals surface area contributed by atoms with Crippen molar-refractivity contribution in [1.82, 2.24) is 14.8 Å². The van der Waals surface area contributed by atoms with Crippen LogP contribution in [-0.4, -0.2) is 27.3 Å². The van der Waals surface area contributed by atoms with Crippen LogP contribution < -0.4 is 10.1 Å². The molecule has 0 saturated carbocycles. The highest BCUT2D eigenvalue weighted by molar-refractivity contribution is 7.20. The molecule has 6 nitrogen and oxygen atoms in total. The van der Waals surface area contributed by atoms with E-state index in [4.69, 9.17) is 14.8 Å². The smallest absolute Gasteiger partial charge is 0.226 e. The first-order valence-electron chi connectivity index (χ1n) is 9.10. The summed E-state index contributed by atoms with van der Waals surface area (Å²) in [6.07, 6.45) is 0.442. The maximum Gasteiger partial charge on any atom is 0.226 e. The van der Waals surface area contributed by atoms with E-state index >= 15 is 0 Å². The molecule has 5 rings (SSSR count). The molecule has 0 unspecified atom stereocenters. The van der Waals surface area contributed by atoms with Crippen LogP contribution in [0.25, 0.3) is 15.3 Å². The van der Waals surface area contributed by atoms with Gasteiger partial charge in [0.25, 0.3) is 0 Å². The zero-order chi connectivity index (χ0) is 19.3. The quantitative estimate of drug-likeness (QED) is 0.528. The standard InChI is InChI=1S/C20H18N4O2S2/c1-3-26-12-6-7-14-16(9-12)28-20(21-14)24-19-18(11(2)23-24)13(10-17(25)22-19)15-5-4-8-27-15/h4-9,13H,3,10H2,1-2H3,(H,22,25)/t13-/m1/s1. The highest BCUT2D eigenvalue weighted by Gasteiger charge is 2.33. The van der Waals surface area contributed by atoms with Crippen LogP contribution in [-0.2, 0) is 4.79 Å². The summed E-state index contributed by atoms with van der Waals surface area (Å²) >= 11 is 3.21. The number of fused-ring (bicyclic) bond motifs is 2. The molecule has 1 aliphatic heterocycles. The molecule has 0 aliphatic carbocycles. The van der Waals surface area contributed by atoms with E-state index in [0.29, 0.717) is 13.0 Å². The average Bonchev–Trinajstić information content (AvgIpc) is 3.40. The first-order chi connectivity index (χ1) is 13.6. The molecular weight excluding hydrogens is 392 g/mol. The molecule has 142 valence electrons. The van der Waals surface area contributed by atoms with E-state index in [-0.39, 0.29) is 11.8 Å². The number of amides is 1. The monoisotopic (exact) mass is 410 g/mol. The lowest BCUT2D eigenvalue weighted by Gasteiger charge is -2.22. The molecule has 4 aromatic rings. The molecule has 1 aliphatic rings. The summed E-state index contributed by atoms with van der Waals surface area (Å²) < 4.78 is 8.39. The van der Waals surface area contributed by atoms with Gasteiger partial charge in [0.2, 0.25) is 11.0 Å². The summed E-state index contributed by atoms with van der Waals surface area (Å²) in [6.45, 7) is 4.58. The van der Waals surface area contributed by atoms with Gasteiger partial charge in [-0.2, -0.15) is 9.78 Å². The fraction of sp³-hybridized carbons (Fsp3) is 0.250. The number of carbonyl (C=O) groups excluding carboxylic acids is 1. The van der Waals surface area contributed by atoms with Crippen LogP contribution in [0.5, 0.6) is 5.75 Å². The number of hydrogen-bond acceptors (Lipinski definition) is 6. The molecule has 1 N–H and O–H groups in total. The zero-order valence-electron chi connectivity index (χ0n) is 15.4. The summed E-state index contributed by atoms with van der Waals surface area (Å²) in [5, 5.41) is 10.5. The molecule has 0 bridgehead atoms. The van der Waals surface area contributed by atoms with Gasteiger partial charge in [-0.3, -0.25) is 4.79 Å². The van der Waals surface area contributed by atoms with Crippen LogP contribution in [0.2, 0.25) is 0 Å². The lowest BCUT2D eigenvalue weighted by atomic mass is 9.91. The Hall–Kier alpha value is -2.71. The highest BCUT2D eigenvalue weighted by atomic mass is 32.1. The lowest BCUT2D eigenvalue weighted by Crippen LogP contribution is -2.24. The Morgan fingerprint density at radius 1 is 1.36 bits per heavy atom. The first-order valence-corrected chi connectivity index (χ1v) is 10.8. The second-order valence-electron chi connectivity index (χ2n) is 6.64. The number of anilines is 1. The molecule has 1 aromatic carbocycles. The van der Waals surface area contributed by atoms with E-state index in [2.05, 4.69) is 11.4 Å². The van der Waals surface area contributed by atoms with Crippen molar-refractivity contribution in [2.75, 3.05) is 11.9 Å². The van der Waals surface area contributed by atoms with Crippen molar-refractivity contribution in [2.24, 2.45) is 0 Å². The Balaban J connectivity index is 1.63. The number of hydrogen-bond donors (Lipinski definition) is 1. The van der Waals surface area contributed by atoms with Crippen molar-refractivity contribution in [1.29, 1.82) is 0 Å². The molecule has 1 atom stereocenters. The molecule has 28 heavy (non-hydrogen) atoms. The van der Waals surface area contributed by atoms with Gasteiger partial charge in [0.1, 0.15) is 11.6 Å². The Kier molecular flexibility index (Phi) is 4.17. The van der Waals surface area contributed by atoms with Crippen molar-refractivity contribution < 1.29 is 9.53 Å².